The van der Waals surface area contributed by atoms with Crippen molar-refractivity contribution in [2.75, 3.05) is 0 Å². The average molecular weight is 257 g/mol. The Hall–Kier alpha value is -0.790. The molecule has 0 fully saturated rings. The maximum atomic E-state index is 12.5. The number of hydrogen-bond donors (Lipinski definition) is 1. The molecule has 0 aliphatic rings. The van der Waals surface area contributed by atoms with Crippen molar-refractivity contribution in [1.29, 1.82) is 0 Å². The SMILES string of the molecule is NS(=O)(=O)c1c(CCl)cncc1C(F)F. The molecule has 0 bridgehead atoms. The summed E-state index contributed by atoms with van der Waals surface area (Å²) in [5.74, 6) is -0.251. The second-order valence-corrected chi connectivity index (χ2v) is 4.46. The highest BCUT2D eigenvalue weighted by Gasteiger charge is 2.24. The molecule has 2 N–H and O–H groups in total. The van der Waals surface area contributed by atoms with E-state index in [1.54, 1.807) is 0 Å². The van der Waals surface area contributed by atoms with Crippen LogP contribution >= 0.6 is 11.6 Å². The Morgan fingerprint density at radius 2 is 2.07 bits per heavy atom. The third kappa shape index (κ3) is 2.61. The zero-order chi connectivity index (χ0) is 11.6. The number of sulfonamides is 1. The van der Waals surface area contributed by atoms with Crippen LogP contribution in [0.5, 0.6) is 0 Å². The second-order valence-electron chi connectivity index (χ2n) is 2.70. The average Bonchev–Trinajstić information content (AvgIpc) is 2.15. The van der Waals surface area contributed by atoms with Crippen LogP contribution in [0.15, 0.2) is 17.3 Å². The zero-order valence-corrected chi connectivity index (χ0v) is 8.89. The van der Waals surface area contributed by atoms with Gasteiger partial charge in [0.05, 0.1) is 16.3 Å². The number of alkyl halides is 3. The van der Waals surface area contributed by atoms with Crippen LogP contribution in [-0.2, 0) is 15.9 Å². The molecule has 0 amide bonds. The number of primary sulfonamides is 1. The van der Waals surface area contributed by atoms with Gasteiger partial charge in [0, 0.05) is 18.0 Å². The molecule has 0 aliphatic heterocycles. The lowest BCUT2D eigenvalue weighted by molar-refractivity contribution is 0.147. The number of aromatic nitrogens is 1. The van der Waals surface area contributed by atoms with Gasteiger partial charge in [0.1, 0.15) is 0 Å². The summed E-state index contributed by atoms with van der Waals surface area (Å²) in [6.45, 7) is 0. The number of nitrogens with two attached hydrogens (primary N) is 1. The van der Waals surface area contributed by atoms with E-state index in [2.05, 4.69) is 4.98 Å². The highest BCUT2D eigenvalue weighted by atomic mass is 35.5. The Morgan fingerprint density at radius 1 is 1.47 bits per heavy atom. The first-order valence-corrected chi connectivity index (χ1v) is 5.79. The van der Waals surface area contributed by atoms with Gasteiger partial charge in [-0.25, -0.2) is 22.3 Å². The van der Waals surface area contributed by atoms with Gasteiger partial charge in [-0.1, -0.05) is 0 Å². The van der Waals surface area contributed by atoms with E-state index in [0.29, 0.717) is 0 Å². The summed E-state index contributed by atoms with van der Waals surface area (Å²) < 4.78 is 47.1. The Labute approximate surface area is 90.1 Å². The van der Waals surface area contributed by atoms with Gasteiger partial charge in [0.25, 0.3) is 6.43 Å². The van der Waals surface area contributed by atoms with E-state index in [9.17, 15) is 17.2 Å². The van der Waals surface area contributed by atoms with E-state index in [1.807, 2.05) is 0 Å². The van der Waals surface area contributed by atoms with Crippen LogP contribution in [0.25, 0.3) is 0 Å². The van der Waals surface area contributed by atoms with Gasteiger partial charge < -0.3 is 0 Å². The maximum absolute atomic E-state index is 12.5. The van der Waals surface area contributed by atoms with Crippen LogP contribution < -0.4 is 5.14 Å². The van der Waals surface area contributed by atoms with Crippen LogP contribution in [0.1, 0.15) is 17.6 Å². The summed E-state index contributed by atoms with van der Waals surface area (Å²) in [6.07, 6.45) is -1.10. The fourth-order valence-electron chi connectivity index (χ4n) is 1.11. The van der Waals surface area contributed by atoms with E-state index in [-0.39, 0.29) is 11.4 Å². The van der Waals surface area contributed by atoms with E-state index < -0.39 is 26.9 Å². The summed E-state index contributed by atoms with van der Waals surface area (Å²) in [5, 5.41) is 4.82. The molecule has 4 nitrogen and oxygen atoms in total. The van der Waals surface area contributed by atoms with Crippen LogP contribution in [0, 0.1) is 0 Å². The van der Waals surface area contributed by atoms with Crippen LogP contribution in [-0.4, -0.2) is 13.4 Å². The normalized spacial score (nSPS) is 12.1. The molecular formula is C7H7ClF2N2O2S. The van der Waals surface area contributed by atoms with Crippen molar-refractivity contribution in [3.63, 3.8) is 0 Å². The molecule has 1 rings (SSSR count). The predicted molar refractivity (Wildman–Crippen MR) is 50.1 cm³/mol. The molecule has 1 aromatic heterocycles. The molecule has 1 heterocycles. The lowest BCUT2D eigenvalue weighted by atomic mass is 10.2. The molecule has 0 radical (unpaired) electrons. The molecule has 8 heteroatoms. The standard InChI is InChI=1S/C7H7ClF2N2O2S/c8-1-4-2-12-3-5(7(9)10)6(4)15(11,13)14/h2-3,7H,1H2,(H2,11,13,14). The van der Waals surface area contributed by atoms with Gasteiger partial charge in [-0.3, -0.25) is 4.98 Å². The van der Waals surface area contributed by atoms with Gasteiger partial charge in [0.15, 0.2) is 0 Å². The highest BCUT2D eigenvalue weighted by molar-refractivity contribution is 7.89. The molecule has 0 atom stereocenters. The van der Waals surface area contributed by atoms with Crippen molar-refractivity contribution in [2.24, 2.45) is 5.14 Å². The number of nitrogens with zero attached hydrogens (tertiary/aromatic N) is 1. The largest absolute Gasteiger partial charge is 0.266 e. The summed E-state index contributed by atoms with van der Waals surface area (Å²) in [5.41, 5.74) is -0.757. The third-order valence-corrected chi connectivity index (χ3v) is 3.02. The first-order valence-electron chi connectivity index (χ1n) is 3.71. The van der Waals surface area contributed by atoms with E-state index in [1.165, 1.54) is 0 Å². The second kappa shape index (κ2) is 4.38. The minimum atomic E-state index is -4.23. The molecule has 0 saturated heterocycles. The highest BCUT2D eigenvalue weighted by Crippen LogP contribution is 2.28. The third-order valence-electron chi connectivity index (χ3n) is 1.66. The van der Waals surface area contributed by atoms with Crippen molar-refractivity contribution in [2.45, 2.75) is 17.2 Å². The number of halogens is 3. The van der Waals surface area contributed by atoms with Crippen molar-refractivity contribution in [3.8, 4) is 0 Å². The zero-order valence-electron chi connectivity index (χ0n) is 7.32. The fraction of sp³-hybridized carbons (Fsp3) is 0.286. The van der Waals surface area contributed by atoms with Gasteiger partial charge in [-0.05, 0) is 0 Å². The predicted octanol–water partition coefficient (Wildman–Crippen LogP) is 1.41. The lowest BCUT2D eigenvalue weighted by Gasteiger charge is -2.09. The van der Waals surface area contributed by atoms with E-state index >= 15 is 0 Å². The fourth-order valence-corrected chi connectivity index (χ4v) is 2.35. The number of hydrogen-bond acceptors (Lipinski definition) is 3. The number of rotatable bonds is 3. The van der Waals surface area contributed by atoms with E-state index in [4.69, 9.17) is 16.7 Å². The molecule has 84 valence electrons. The molecule has 0 aliphatic carbocycles. The Bertz CT molecular complexity index is 464. The van der Waals surface area contributed by atoms with Crippen molar-refractivity contribution < 1.29 is 17.2 Å². The van der Waals surface area contributed by atoms with Gasteiger partial charge in [-0.2, -0.15) is 0 Å². The summed E-state index contributed by atoms with van der Waals surface area (Å²) >= 11 is 5.41. The first-order chi connectivity index (χ1) is 6.88. The minimum Gasteiger partial charge on any atom is -0.264 e. The Kier molecular flexibility index (Phi) is 3.58. The van der Waals surface area contributed by atoms with Crippen molar-refractivity contribution >= 4 is 21.6 Å². The van der Waals surface area contributed by atoms with Crippen LogP contribution in [0.2, 0.25) is 0 Å². The minimum absolute atomic E-state index is 0.0306. The Balaban J connectivity index is 3.55. The van der Waals surface area contributed by atoms with E-state index in [0.717, 1.165) is 12.4 Å². The van der Waals surface area contributed by atoms with Gasteiger partial charge in [-0.15, -0.1) is 11.6 Å². The summed E-state index contributed by atoms with van der Waals surface area (Å²) in [6, 6.07) is 0. The molecule has 0 aromatic carbocycles. The smallest absolute Gasteiger partial charge is 0.264 e. The number of pyridine rings is 1. The lowest BCUT2D eigenvalue weighted by Crippen LogP contribution is -2.17. The molecule has 0 saturated carbocycles. The first kappa shape index (κ1) is 12.3. The summed E-state index contributed by atoms with van der Waals surface area (Å²) in [4.78, 5) is 2.83. The van der Waals surface area contributed by atoms with Crippen LogP contribution in [0.3, 0.4) is 0 Å². The quantitative estimate of drug-likeness (QED) is 0.831. The van der Waals surface area contributed by atoms with Gasteiger partial charge >= 0.3 is 0 Å². The Morgan fingerprint density at radius 3 is 2.47 bits per heavy atom. The monoisotopic (exact) mass is 256 g/mol. The molecule has 15 heavy (non-hydrogen) atoms. The molecule has 0 spiro atoms. The topological polar surface area (TPSA) is 73.1 Å². The molecular weight excluding hydrogens is 250 g/mol. The maximum Gasteiger partial charge on any atom is 0.266 e. The molecule has 0 unspecified atom stereocenters. The van der Waals surface area contributed by atoms with Gasteiger partial charge in [0.2, 0.25) is 10.0 Å². The van der Waals surface area contributed by atoms with Crippen molar-refractivity contribution in [1.82, 2.24) is 4.98 Å². The van der Waals surface area contributed by atoms with Crippen LogP contribution in [0.4, 0.5) is 8.78 Å². The summed E-state index contributed by atoms with van der Waals surface area (Å²) in [7, 11) is -4.23. The van der Waals surface area contributed by atoms with Crippen molar-refractivity contribution in [3.05, 3.63) is 23.5 Å². The molecule has 1 aromatic rings.